The van der Waals surface area contributed by atoms with E-state index in [1.807, 2.05) is 0 Å². The van der Waals surface area contributed by atoms with Crippen molar-refractivity contribution < 1.29 is 33.5 Å². The number of carbonyl (C=O) groups excluding carboxylic acids is 2. The predicted molar refractivity (Wildman–Crippen MR) is 139 cm³/mol. The summed E-state index contributed by atoms with van der Waals surface area (Å²) in [6, 6.07) is 20.5. The summed E-state index contributed by atoms with van der Waals surface area (Å²) in [6.45, 7) is 3.90. The number of fused-ring (bicyclic) bond motifs is 2. The molecule has 0 aliphatic rings. The minimum absolute atomic E-state index is 0.0638. The van der Waals surface area contributed by atoms with Crippen molar-refractivity contribution in [3.8, 4) is 11.5 Å². The Labute approximate surface area is 208 Å². The fourth-order valence-electron chi connectivity index (χ4n) is 4.28. The van der Waals surface area contributed by atoms with Crippen molar-refractivity contribution in [3.05, 3.63) is 83.9 Å². The van der Waals surface area contributed by atoms with E-state index in [1.165, 1.54) is 0 Å². The van der Waals surface area contributed by atoms with Gasteiger partial charge in [0.2, 0.25) is 18.2 Å². The summed E-state index contributed by atoms with van der Waals surface area (Å²) in [5, 5.41) is 11.9. The second-order valence-corrected chi connectivity index (χ2v) is 10.7. The van der Waals surface area contributed by atoms with Crippen LogP contribution in [0.15, 0.2) is 72.8 Å². The minimum atomic E-state index is -4.75. The number of benzene rings is 4. The third kappa shape index (κ3) is 4.50. The third-order valence-corrected chi connectivity index (χ3v) is 8.30. The molecule has 0 atom stereocenters. The summed E-state index contributed by atoms with van der Waals surface area (Å²) < 4.78 is 25.8. The van der Waals surface area contributed by atoms with Gasteiger partial charge in [0.05, 0.1) is 24.3 Å². The molecule has 0 heterocycles. The van der Waals surface area contributed by atoms with Crippen molar-refractivity contribution in [2.24, 2.45) is 0 Å². The zero-order valence-corrected chi connectivity index (χ0v) is 20.8. The van der Waals surface area contributed by atoms with E-state index in [4.69, 9.17) is 9.47 Å². The molecule has 8 heteroatoms. The zero-order valence-electron chi connectivity index (χ0n) is 19.9. The van der Waals surface area contributed by atoms with Gasteiger partial charge in [-0.1, -0.05) is 60.7 Å². The molecule has 1 N–H and O–H groups in total. The molecule has 0 aliphatic carbocycles. The summed E-state index contributed by atoms with van der Waals surface area (Å²) in [5.41, 5.74) is -2.23. The molecule has 4 rings (SSSR count). The molecule has 0 amide bonds. The second kappa shape index (κ2) is 10.3. The molecule has 0 fully saturated rings. The highest BCUT2D eigenvalue weighted by Gasteiger charge is 2.46. The molecule has 184 valence electrons. The van der Waals surface area contributed by atoms with Gasteiger partial charge in [0.25, 0.3) is 0 Å². The Morgan fingerprint density at radius 3 is 1.50 bits per heavy atom. The van der Waals surface area contributed by atoms with E-state index in [9.17, 15) is 24.1 Å². The van der Waals surface area contributed by atoms with E-state index in [1.54, 1.807) is 86.6 Å². The van der Waals surface area contributed by atoms with Crippen LogP contribution in [0, 0.1) is 0 Å². The molecule has 36 heavy (non-hydrogen) atoms. The minimum Gasteiger partial charge on any atom is -0.493 e. The van der Waals surface area contributed by atoms with Crippen LogP contribution in [0.5, 0.6) is 11.5 Å². The number of rotatable bonds is 10. The Kier molecular flexibility index (Phi) is 7.22. The maximum atomic E-state index is 14.4. The van der Waals surface area contributed by atoms with E-state index in [-0.39, 0.29) is 35.8 Å². The smallest absolute Gasteiger partial charge is 0.311 e. The van der Waals surface area contributed by atoms with Crippen LogP contribution in [-0.2, 0) is 9.36 Å². The first kappa shape index (κ1) is 25.1. The van der Waals surface area contributed by atoms with Crippen LogP contribution in [0.3, 0.4) is 0 Å². The van der Waals surface area contributed by atoms with E-state index in [0.29, 0.717) is 21.5 Å². The second-order valence-electron chi connectivity index (χ2n) is 8.09. The largest absolute Gasteiger partial charge is 0.493 e. The van der Waals surface area contributed by atoms with Crippen LogP contribution in [0.2, 0.25) is 0 Å². The van der Waals surface area contributed by atoms with Crippen LogP contribution in [0.4, 0.5) is 0 Å². The summed E-state index contributed by atoms with van der Waals surface area (Å²) in [4.78, 5) is 40.0. The van der Waals surface area contributed by atoms with Gasteiger partial charge in [-0.2, -0.15) is 0 Å². The molecule has 0 saturated carbocycles. The summed E-state index contributed by atoms with van der Waals surface area (Å²) in [7, 11) is -4.75. The van der Waals surface area contributed by atoms with Gasteiger partial charge in [-0.3, -0.25) is 14.4 Å². The number of hydrogen-bond donors (Lipinski definition) is 1. The first-order chi connectivity index (χ1) is 17.3. The van der Waals surface area contributed by atoms with Gasteiger partial charge >= 0.3 is 5.97 Å². The van der Waals surface area contributed by atoms with Gasteiger partial charge in [0.1, 0.15) is 17.7 Å². The number of hydrogen-bond acceptors (Lipinski definition) is 6. The number of carboxylic acids is 1. The quantitative estimate of drug-likeness (QED) is 0.256. The van der Waals surface area contributed by atoms with Gasteiger partial charge in [-0.25, -0.2) is 0 Å². The first-order valence-corrected chi connectivity index (χ1v) is 13.4. The summed E-state index contributed by atoms with van der Waals surface area (Å²) in [5.74, 6) is -1.23. The molecule has 0 aromatic heterocycles. The molecule has 0 unspecified atom stereocenters. The van der Waals surface area contributed by atoms with Gasteiger partial charge in [0.15, 0.2) is 0 Å². The molecule has 0 radical (unpaired) electrons. The van der Waals surface area contributed by atoms with Gasteiger partial charge in [-0.15, -0.1) is 0 Å². The Balaban J connectivity index is 2.00. The summed E-state index contributed by atoms with van der Waals surface area (Å²) >= 11 is 0. The fourth-order valence-corrected chi connectivity index (χ4v) is 6.32. The lowest BCUT2D eigenvalue weighted by Gasteiger charge is -2.20. The Morgan fingerprint density at radius 2 is 1.11 bits per heavy atom. The highest BCUT2D eigenvalue weighted by molar-refractivity contribution is 7.96. The Hall–Kier alpha value is -3.96. The van der Waals surface area contributed by atoms with Gasteiger partial charge in [-0.05, 0) is 47.5 Å². The van der Waals surface area contributed by atoms with E-state index in [2.05, 4.69) is 0 Å². The van der Waals surface area contributed by atoms with Crippen molar-refractivity contribution in [3.63, 3.8) is 0 Å². The average molecular weight is 504 g/mol. The van der Waals surface area contributed by atoms with Crippen LogP contribution in [0.1, 0.15) is 34.6 Å². The standard InChI is InChI=1S/C28H25O7P/c1-3-34-22-15-13-18-9-5-7-11-20(18)25(22)27(31)36(33,17-24(29)30)28(32)26-21-12-8-6-10-19(21)14-16-23(26)35-4-2/h5-16H,3-4,17H2,1-2H3,(H,29,30). The molecular formula is C28H25O7P. The van der Waals surface area contributed by atoms with E-state index < -0.39 is 30.3 Å². The van der Waals surface area contributed by atoms with Crippen molar-refractivity contribution in [1.82, 2.24) is 0 Å². The molecular weight excluding hydrogens is 479 g/mol. The topological polar surface area (TPSA) is 107 Å². The van der Waals surface area contributed by atoms with Crippen molar-refractivity contribution in [2.75, 3.05) is 19.4 Å². The lowest BCUT2D eigenvalue weighted by atomic mass is 10.0. The molecule has 0 spiro atoms. The molecule has 4 aromatic carbocycles. The van der Waals surface area contributed by atoms with Crippen molar-refractivity contribution in [2.45, 2.75) is 13.8 Å². The fraction of sp³-hybridized carbons (Fsp3) is 0.179. The van der Waals surface area contributed by atoms with Crippen LogP contribution < -0.4 is 9.47 Å². The van der Waals surface area contributed by atoms with E-state index >= 15 is 0 Å². The van der Waals surface area contributed by atoms with Crippen LogP contribution in [-0.4, -0.2) is 41.5 Å². The first-order valence-electron chi connectivity index (χ1n) is 11.5. The van der Waals surface area contributed by atoms with Crippen LogP contribution >= 0.6 is 7.14 Å². The number of aliphatic carboxylic acids is 1. The number of ether oxygens (including phenoxy) is 2. The number of carbonyl (C=O) groups is 3. The lowest BCUT2D eigenvalue weighted by molar-refractivity contribution is -0.134. The third-order valence-electron chi connectivity index (χ3n) is 5.82. The molecule has 0 bridgehead atoms. The van der Waals surface area contributed by atoms with Crippen molar-refractivity contribution >= 4 is 45.7 Å². The highest BCUT2D eigenvalue weighted by Crippen LogP contribution is 2.55. The van der Waals surface area contributed by atoms with Crippen molar-refractivity contribution in [1.29, 1.82) is 0 Å². The predicted octanol–water partition coefficient (Wildman–Crippen LogP) is 6.22. The molecule has 0 aliphatic heterocycles. The SMILES string of the molecule is CCOc1ccc2ccccc2c1C(=O)P(=O)(CC(=O)O)C(=O)c1c(OCC)ccc2ccccc12. The lowest BCUT2D eigenvalue weighted by Crippen LogP contribution is -2.20. The number of carboxylic acid groups (broad SMARTS) is 1. The van der Waals surface area contributed by atoms with Crippen LogP contribution in [0.25, 0.3) is 21.5 Å². The average Bonchev–Trinajstić information content (AvgIpc) is 2.87. The molecule has 7 nitrogen and oxygen atoms in total. The van der Waals surface area contributed by atoms with Gasteiger partial charge < -0.3 is 19.1 Å². The zero-order chi connectivity index (χ0) is 25.9. The highest BCUT2D eigenvalue weighted by atomic mass is 31.2. The molecule has 4 aromatic rings. The Bertz CT molecular complexity index is 1430. The maximum Gasteiger partial charge on any atom is 0.311 e. The van der Waals surface area contributed by atoms with E-state index in [0.717, 1.165) is 0 Å². The Morgan fingerprint density at radius 1 is 0.694 bits per heavy atom. The van der Waals surface area contributed by atoms with Gasteiger partial charge in [0, 0.05) is 0 Å². The monoisotopic (exact) mass is 504 g/mol. The maximum absolute atomic E-state index is 14.4. The molecule has 0 saturated heterocycles. The summed E-state index contributed by atoms with van der Waals surface area (Å²) in [6.07, 6.45) is -1.13. The normalized spacial score (nSPS) is 11.4.